The molecule has 0 bridgehead atoms. The smallest absolute Gasteiger partial charge is 0.00931 e. The van der Waals surface area contributed by atoms with E-state index in [9.17, 15) is 0 Å². The zero-order valence-corrected chi connectivity index (χ0v) is 16.4. The fourth-order valence-corrected chi connectivity index (χ4v) is 4.04. The van der Waals surface area contributed by atoms with Crippen LogP contribution in [0.4, 0.5) is 0 Å². The second kappa shape index (κ2) is 12.7. The van der Waals surface area contributed by atoms with Crippen molar-refractivity contribution in [3.63, 3.8) is 0 Å². The maximum atomic E-state index is 4.00. The van der Waals surface area contributed by atoms with Gasteiger partial charge in [0.1, 0.15) is 0 Å². The van der Waals surface area contributed by atoms with E-state index in [0.717, 1.165) is 12.8 Å². The summed E-state index contributed by atoms with van der Waals surface area (Å²) in [5, 5.41) is 0. The zero-order chi connectivity index (χ0) is 18.5. The van der Waals surface area contributed by atoms with Crippen LogP contribution in [0, 0.1) is 13.8 Å². The summed E-state index contributed by atoms with van der Waals surface area (Å²) < 4.78 is 0. The van der Waals surface area contributed by atoms with E-state index in [4.69, 9.17) is 0 Å². The summed E-state index contributed by atoms with van der Waals surface area (Å²) in [6.07, 6.45) is 12.4. The number of hydrogen-bond donors (Lipinski definition) is 0. The van der Waals surface area contributed by atoms with Gasteiger partial charge in [0.2, 0.25) is 0 Å². The Labute approximate surface area is 162 Å². The standard InChI is InChI=1S/C26H36/c1-3-5-7-15-21-25(23-17-11-9-12-18-23)26(22-16-8-6-4-2)24-19-13-10-14-20-24/h9-14,17-20,25-26H,1-8,15-16,21-22H2. The first kappa shape index (κ1) is 20.7. The quantitative estimate of drug-likeness (QED) is 0.320. The number of rotatable bonds is 13. The molecule has 0 aliphatic heterocycles. The molecule has 26 heavy (non-hydrogen) atoms. The van der Waals surface area contributed by atoms with Crippen molar-refractivity contribution in [3.05, 3.63) is 85.6 Å². The normalized spacial score (nSPS) is 13.5. The Bertz CT molecular complexity index is 504. The highest BCUT2D eigenvalue weighted by atomic mass is 14.3. The summed E-state index contributed by atoms with van der Waals surface area (Å²) in [5.74, 6) is 1.23. The van der Waals surface area contributed by atoms with E-state index in [1.165, 1.54) is 62.5 Å². The average molecular weight is 349 g/mol. The average Bonchev–Trinajstić information content (AvgIpc) is 2.70. The van der Waals surface area contributed by atoms with Crippen LogP contribution >= 0.6 is 0 Å². The van der Waals surface area contributed by atoms with Gasteiger partial charge >= 0.3 is 0 Å². The molecule has 0 heterocycles. The van der Waals surface area contributed by atoms with Crippen LogP contribution < -0.4 is 0 Å². The molecule has 0 fully saturated rings. The fraction of sp³-hybridized carbons (Fsp3) is 0.462. The van der Waals surface area contributed by atoms with Gasteiger partial charge in [0.25, 0.3) is 0 Å². The first-order valence-electron chi connectivity index (χ1n) is 10.5. The molecule has 0 aliphatic rings. The van der Waals surface area contributed by atoms with Gasteiger partial charge < -0.3 is 0 Å². The molecular formula is C26H36. The summed E-state index contributed by atoms with van der Waals surface area (Å²) in [6, 6.07) is 22.4. The summed E-state index contributed by atoms with van der Waals surface area (Å²) >= 11 is 0. The topological polar surface area (TPSA) is 0 Å². The van der Waals surface area contributed by atoms with Gasteiger partial charge in [-0.15, -0.1) is 0 Å². The van der Waals surface area contributed by atoms with Gasteiger partial charge in [0.05, 0.1) is 0 Å². The number of unbranched alkanes of at least 4 members (excludes halogenated alkanes) is 6. The molecular weight excluding hydrogens is 312 g/mol. The van der Waals surface area contributed by atoms with Gasteiger partial charge in [0, 0.05) is 0 Å². The molecule has 2 unspecified atom stereocenters. The van der Waals surface area contributed by atoms with Crippen LogP contribution in [0.1, 0.15) is 87.2 Å². The Balaban J connectivity index is 2.18. The molecule has 0 saturated heterocycles. The minimum absolute atomic E-state index is 0.614. The van der Waals surface area contributed by atoms with Crippen LogP contribution in [0.5, 0.6) is 0 Å². The Hall–Kier alpha value is -1.56. The Morgan fingerprint density at radius 2 is 0.885 bits per heavy atom. The maximum Gasteiger partial charge on any atom is -0.00931 e. The monoisotopic (exact) mass is 348 g/mol. The van der Waals surface area contributed by atoms with Gasteiger partial charge in [-0.25, -0.2) is 0 Å². The third-order valence-corrected chi connectivity index (χ3v) is 5.47. The van der Waals surface area contributed by atoms with E-state index in [0.29, 0.717) is 11.8 Å². The van der Waals surface area contributed by atoms with Gasteiger partial charge in [-0.1, -0.05) is 126 Å². The summed E-state index contributed by atoms with van der Waals surface area (Å²) in [4.78, 5) is 0. The largest absolute Gasteiger partial charge is 0.0622 e. The number of hydrogen-bond acceptors (Lipinski definition) is 0. The molecule has 0 heteroatoms. The Kier molecular flexibility index (Phi) is 10.2. The molecule has 2 aromatic rings. The molecule has 2 atom stereocenters. The highest BCUT2D eigenvalue weighted by Gasteiger charge is 2.24. The van der Waals surface area contributed by atoms with Crippen molar-refractivity contribution in [3.8, 4) is 0 Å². The molecule has 0 saturated carbocycles. The summed E-state index contributed by atoms with van der Waals surface area (Å²) in [7, 11) is 0. The van der Waals surface area contributed by atoms with E-state index < -0.39 is 0 Å². The highest BCUT2D eigenvalue weighted by molar-refractivity contribution is 5.28. The lowest BCUT2D eigenvalue weighted by molar-refractivity contribution is 0.438. The Morgan fingerprint density at radius 1 is 0.500 bits per heavy atom. The van der Waals surface area contributed by atoms with Crippen LogP contribution in [0.25, 0.3) is 0 Å². The Morgan fingerprint density at radius 3 is 1.23 bits per heavy atom. The molecule has 0 spiro atoms. The molecule has 2 radical (unpaired) electrons. The highest BCUT2D eigenvalue weighted by Crippen LogP contribution is 2.40. The molecule has 0 N–H and O–H groups in total. The van der Waals surface area contributed by atoms with Crippen LogP contribution in [-0.4, -0.2) is 0 Å². The van der Waals surface area contributed by atoms with Crippen molar-refractivity contribution in [2.75, 3.05) is 0 Å². The van der Waals surface area contributed by atoms with Gasteiger partial charge in [-0.2, -0.15) is 0 Å². The van der Waals surface area contributed by atoms with E-state index in [2.05, 4.69) is 74.5 Å². The minimum atomic E-state index is 0.614. The lowest BCUT2D eigenvalue weighted by Gasteiger charge is -2.29. The zero-order valence-electron chi connectivity index (χ0n) is 16.4. The molecule has 0 nitrogen and oxygen atoms in total. The molecule has 0 aliphatic carbocycles. The van der Waals surface area contributed by atoms with Crippen LogP contribution in [-0.2, 0) is 0 Å². The molecule has 0 amide bonds. The molecule has 2 aromatic carbocycles. The maximum absolute atomic E-state index is 4.00. The third-order valence-electron chi connectivity index (χ3n) is 5.47. The van der Waals surface area contributed by atoms with Gasteiger partial charge in [-0.05, 0) is 35.8 Å². The number of benzene rings is 2. The molecule has 2 rings (SSSR count). The van der Waals surface area contributed by atoms with Gasteiger partial charge in [-0.3, -0.25) is 0 Å². The SMILES string of the molecule is [CH2]CCCCCC(c1ccccc1)C(CCCCC[CH2])c1ccccc1. The van der Waals surface area contributed by atoms with Crippen LogP contribution in [0.3, 0.4) is 0 Å². The van der Waals surface area contributed by atoms with E-state index in [1.54, 1.807) is 0 Å². The summed E-state index contributed by atoms with van der Waals surface area (Å²) in [5.41, 5.74) is 3.02. The predicted molar refractivity (Wildman–Crippen MR) is 115 cm³/mol. The molecule has 140 valence electrons. The second-order valence-electron chi connectivity index (χ2n) is 7.44. The fourth-order valence-electron chi connectivity index (χ4n) is 4.04. The van der Waals surface area contributed by atoms with Crippen LogP contribution in [0.15, 0.2) is 60.7 Å². The van der Waals surface area contributed by atoms with E-state index >= 15 is 0 Å². The lowest BCUT2D eigenvalue weighted by Crippen LogP contribution is -2.12. The minimum Gasteiger partial charge on any atom is -0.0622 e. The molecule has 0 aromatic heterocycles. The first-order chi connectivity index (χ1) is 12.9. The van der Waals surface area contributed by atoms with Crippen molar-refractivity contribution in [1.29, 1.82) is 0 Å². The van der Waals surface area contributed by atoms with Crippen molar-refractivity contribution < 1.29 is 0 Å². The van der Waals surface area contributed by atoms with Gasteiger partial charge in [0.15, 0.2) is 0 Å². The summed E-state index contributed by atoms with van der Waals surface area (Å²) in [6.45, 7) is 7.99. The third kappa shape index (κ3) is 6.98. The predicted octanol–water partition coefficient (Wildman–Crippen LogP) is 8.12. The van der Waals surface area contributed by atoms with Crippen molar-refractivity contribution in [2.24, 2.45) is 0 Å². The lowest BCUT2D eigenvalue weighted by atomic mass is 9.76. The van der Waals surface area contributed by atoms with Crippen LogP contribution in [0.2, 0.25) is 0 Å². The first-order valence-corrected chi connectivity index (χ1v) is 10.5. The van der Waals surface area contributed by atoms with Crippen molar-refractivity contribution in [2.45, 2.75) is 76.0 Å². The van der Waals surface area contributed by atoms with Crippen molar-refractivity contribution in [1.82, 2.24) is 0 Å². The van der Waals surface area contributed by atoms with E-state index in [-0.39, 0.29) is 0 Å². The second-order valence-corrected chi connectivity index (χ2v) is 7.44. The van der Waals surface area contributed by atoms with E-state index in [1.807, 2.05) is 0 Å². The van der Waals surface area contributed by atoms with Crippen molar-refractivity contribution >= 4 is 0 Å².